The van der Waals surface area contributed by atoms with E-state index in [0.29, 0.717) is 19.8 Å². The summed E-state index contributed by atoms with van der Waals surface area (Å²) >= 11 is 0. The molecule has 0 atom stereocenters. The fraction of sp³-hybridized carbons (Fsp3) is 0.500. The quantitative estimate of drug-likeness (QED) is 0.709. The number of nitrogens with two attached hydrogens (primary N) is 1. The van der Waals surface area contributed by atoms with Crippen molar-refractivity contribution in [1.29, 1.82) is 0 Å². The van der Waals surface area contributed by atoms with E-state index in [0.717, 1.165) is 23.5 Å². The van der Waals surface area contributed by atoms with Crippen LogP contribution in [-0.4, -0.2) is 34.0 Å². The van der Waals surface area contributed by atoms with Gasteiger partial charge in [0.15, 0.2) is 11.5 Å². The van der Waals surface area contributed by atoms with E-state index in [9.17, 15) is 0 Å². The van der Waals surface area contributed by atoms with E-state index in [1.807, 2.05) is 18.2 Å². The molecule has 0 unspecified atom stereocenters. The summed E-state index contributed by atoms with van der Waals surface area (Å²) in [5.74, 6) is 1.47. The molecule has 2 N–H and O–H groups in total. The highest BCUT2D eigenvalue weighted by Crippen LogP contribution is 2.28. The Labute approximate surface area is 96.3 Å². The summed E-state index contributed by atoms with van der Waals surface area (Å²) in [6.07, 6.45) is 0.838. The van der Waals surface area contributed by atoms with Gasteiger partial charge in [0.25, 0.3) is 0 Å². The molecule has 4 heteroatoms. The Balaban J connectivity index is 2.72. The topological polar surface area (TPSA) is 53.7 Å². The van der Waals surface area contributed by atoms with Gasteiger partial charge in [-0.15, -0.1) is 0 Å². The first kappa shape index (κ1) is 12.8. The summed E-state index contributed by atoms with van der Waals surface area (Å²) < 4.78 is 15.7. The first-order valence-corrected chi connectivity index (χ1v) is 5.30. The molecule has 0 aliphatic carbocycles. The van der Waals surface area contributed by atoms with Crippen molar-refractivity contribution < 1.29 is 14.2 Å². The number of hydrogen-bond donors (Lipinski definition) is 1. The second-order valence-electron chi connectivity index (χ2n) is 3.37. The van der Waals surface area contributed by atoms with Crippen molar-refractivity contribution in [3.63, 3.8) is 0 Å². The molecule has 1 aromatic rings. The number of hydrogen-bond acceptors (Lipinski definition) is 4. The Morgan fingerprint density at radius 3 is 2.56 bits per heavy atom. The Morgan fingerprint density at radius 1 is 1.12 bits per heavy atom. The maximum absolute atomic E-state index is 5.56. The van der Waals surface area contributed by atoms with Gasteiger partial charge in [0.2, 0.25) is 0 Å². The molecule has 0 aliphatic heterocycles. The molecule has 0 saturated heterocycles. The standard InChI is InChI=1S/C12H19NO3/c1-14-7-8-16-12-9-10(5-6-13)3-4-11(12)15-2/h3-4,9H,5-8,13H2,1-2H3. The fourth-order valence-electron chi connectivity index (χ4n) is 1.39. The van der Waals surface area contributed by atoms with Crippen LogP contribution in [0.25, 0.3) is 0 Å². The largest absolute Gasteiger partial charge is 0.493 e. The van der Waals surface area contributed by atoms with E-state index in [2.05, 4.69) is 0 Å². The molecule has 0 amide bonds. The second kappa shape index (κ2) is 7.09. The van der Waals surface area contributed by atoms with Gasteiger partial charge in [-0.05, 0) is 30.7 Å². The van der Waals surface area contributed by atoms with Crippen LogP contribution in [-0.2, 0) is 11.2 Å². The van der Waals surface area contributed by atoms with E-state index in [1.165, 1.54) is 0 Å². The van der Waals surface area contributed by atoms with Gasteiger partial charge in [0.1, 0.15) is 6.61 Å². The Hall–Kier alpha value is -1.26. The lowest BCUT2D eigenvalue weighted by Gasteiger charge is -2.11. The van der Waals surface area contributed by atoms with Gasteiger partial charge < -0.3 is 19.9 Å². The Morgan fingerprint density at radius 2 is 1.94 bits per heavy atom. The number of ether oxygens (including phenoxy) is 3. The molecule has 0 spiro atoms. The molecule has 0 aromatic heterocycles. The smallest absolute Gasteiger partial charge is 0.161 e. The number of rotatable bonds is 7. The van der Waals surface area contributed by atoms with Crippen LogP contribution in [0.3, 0.4) is 0 Å². The monoisotopic (exact) mass is 225 g/mol. The van der Waals surface area contributed by atoms with Gasteiger partial charge >= 0.3 is 0 Å². The fourth-order valence-corrected chi connectivity index (χ4v) is 1.39. The van der Waals surface area contributed by atoms with Gasteiger partial charge in [-0.1, -0.05) is 6.07 Å². The van der Waals surface area contributed by atoms with Crippen molar-refractivity contribution in [2.24, 2.45) is 5.73 Å². The maximum atomic E-state index is 5.56. The molecule has 0 aliphatic rings. The molecule has 0 heterocycles. The maximum Gasteiger partial charge on any atom is 0.161 e. The highest BCUT2D eigenvalue weighted by Gasteiger charge is 2.05. The molecule has 0 fully saturated rings. The third-order valence-corrected chi connectivity index (χ3v) is 2.21. The molecular weight excluding hydrogens is 206 g/mol. The van der Waals surface area contributed by atoms with Crippen molar-refractivity contribution in [3.8, 4) is 11.5 Å². The third-order valence-electron chi connectivity index (χ3n) is 2.21. The van der Waals surface area contributed by atoms with Gasteiger partial charge in [0, 0.05) is 7.11 Å². The summed E-state index contributed by atoms with van der Waals surface area (Å²) in [4.78, 5) is 0. The summed E-state index contributed by atoms with van der Waals surface area (Å²) in [7, 11) is 3.27. The molecule has 16 heavy (non-hydrogen) atoms. The molecule has 90 valence electrons. The summed E-state index contributed by atoms with van der Waals surface area (Å²) in [5, 5.41) is 0. The normalized spacial score (nSPS) is 10.2. The molecule has 0 bridgehead atoms. The lowest BCUT2D eigenvalue weighted by Crippen LogP contribution is -2.07. The van der Waals surface area contributed by atoms with Crippen molar-refractivity contribution >= 4 is 0 Å². The molecule has 0 saturated carbocycles. The van der Waals surface area contributed by atoms with Crippen molar-refractivity contribution in [3.05, 3.63) is 23.8 Å². The zero-order valence-electron chi connectivity index (χ0n) is 9.86. The highest BCUT2D eigenvalue weighted by molar-refractivity contribution is 5.43. The third kappa shape index (κ3) is 3.72. The average molecular weight is 225 g/mol. The molecule has 1 rings (SSSR count). The van der Waals surface area contributed by atoms with Crippen LogP contribution in [0.4, 0.5) is 0 Å². The van der Waals surface area contributed by atoms with Gasteiger partial charge in [0.05, 0.1) is 13.7 Å². The minimum atomic E-state index is 0.513. The summed E-state index contributed by atoms with van der Waals surface area (Å²) in [6.45, 7) is 1.70. The van der Waals surface area contributed by atoms with Crippen LogP contribution < -0.4 is 15.2 Å². The number of methoxy groups -OCH3 is 2. The van der Waals surface area contributed by atoms with E-state index >= 15 is 0 Å². The van der Waals surface area contributed by atoms with Crippen LogP contribution in [0.15, 0.2) is 18.2 Å². The van der Waals surface area contributed by atoms with Gasteiger partial charge in [-0.25, -0.2) is 0 Å². The predicted molar refractivity (Wildman–Crippen MR) is 63.1 cm³/mol. The van der Waals surface area contributed by atoms with Crippen LogP contribution in [0.5, 0.6) is 11.5 Å². The Bertz CT molecular complexity index is 315. The minimum Gasteiger partial charge on any atom is -0.493 e. The number of benzene rings is 1. The van der Waals surface area contributed by atoms with Crippen LogP contribution in [0.1, 0.15) is 5.56 Å². The second-order valence-corrected chi connectivity index (χ2v) is 3.37. The van der Waals surface area contributed by atoms with E-state index in [-0.39, 0.29) is 0 Å². The lowest BCUT2D eigenvalue weighted by molar-refractivity contribution is 0.144. The van der Waals surface area contributed by atoms with Crippen molar-refractivity contribution in [2.75, 3.05) is 34.0 Å². The molecule has 4 nitrogen and oxygen atoms in total. The van der Waals surface area contributed by atoms with Gasteiger partial charge in [-0.3, -0.25) is 0 Å². The molecule has 0 radical (unpaired) electrons. The lowest BCUT2D eigenvalue weighted by atomic mass is 10.1. The van der Waals surface area contributed by atoms with Crippen LogP contribution in [0, 0.1) is 0 Å². The Kier molecular flexibility index (Phi) is 5.67. The highest BCUT2D eigenvalue weighted by atomic mass is 16.5. The van der Waals surface area contributed by atoms with E-state index < -0.39 is 0 Å². The minimum absolute atomic E-state index is 0.513. The first-order valence-electron chi connectivity index (χ1n) is 5.30. The summed E-state index contributed by atoms with van der Waals surface area (Å²) in [6, 6.07) is 5.85. The molecule has 1 aromatic carbocycles. The van der Waals surface area contributed by atoms with E-state index in [1.54, 1.807) is 14.2 Å². The van der Waals surface area contributed by atoms with Crippen molar-refractivity contribution in [2.45, 2.75) is 6.42 Å². The van der Waals surface area contributed by atoms with E-state index in [4.69, 9.17) is 19.9 Å². The van der Waals surface area contributed by atoms with Crippen LogP contribution >= 0.6 is 0 Å². The molecular formula is C12H19NO3. The SMILES string of the molecule is COCCOc1cc(CCN)ccc1OC. The van der Waals surface area contributed by atoms with Crippen molar-refractivity contribution in [1.82, 2.24) is 0 Å². The predicted octanol–water partition coefficient (Wildman–Crippen LogP) is 1.22. The van der Waals surface area contributed by atoms with Gasteiger partial charge in [-0.2, -0.15) is 0 Å². The average Bonchev–Trinajstić information content (AvgIpc) is 2.30. The zero-order chi connectivity index (χ0) is 11.8. The van der Waals surface area contributed by atoms with Crippen LogP contribution in [0.2, 0.25) is 0 Å². The zero-order valence-corrected chi connectivity index (χ0v) is 9.86. The first-order chi connectivity index (χ1) is 7.81. The summed E-state index contributed by atoms with van der Waals surface area (Å²) in [5.41, 5.74) is 6.66.